The van der Waals surface area contributed by atoms with E-state index in [4.69, 9.17) is 10.5 Å². The van der Waals surface area contributed by atoms with Crippen molar-refractivity contribution >= 4 is 33.4 Å². The fourth-order valence-electron chi connectivity index (χ4n) is 4.43. The van der Waals surface area contributed by atoms with Crippen LogP contribution >= 0.6 is 0 Å². The molecule has 2 saturated heterocycles. The number of hydrogen-bond donors (Lipinski definition) is 2. The van der Waals surface area contributed by atoms with E-state index >= 15 is 0 Å². The number of nitrogen functional groups attached to an aromatic ring is 1. The molecule has 2 fully saturated rings. The lowest BCUT2D eigenvalue weighted by molar-refractivity contribution is 0.0115. The molecule has 3 N–H and O–H groups in total. The molecule has 136 valence electrons. The summed E-state index contributed by atoms with van der Waals surface area (Å²) in [6.07, 6.45) is 5.92. The van der Waals surface area contributed by atoms with E-state index in [0.29, 0.717) is 11.9 Å². The number of morpholine rings is 1. The third kappa shape index (κ3) is 2.59. The van der Waals surface area contributed by atoms with Gasteiger partial charge in [0.15, 0.2) is 0 Å². The quantitative estimate of drug-likeness (QED) is 0.734. The molecule has 5 heterocycles. The monoisotopic (exact) mass is 352 g/mol. The van der Waals surface area contributed by atoms with E-state index in [9.17, 15) is 0 Å². The summed E-state index contributed by atoms with van der Waals surface area (Å²) in [4.78, 5) is 17.2. The number of pyridine rings is 2. The van der Waals surface area contributed by atoms with Crippen LogP contribution in [0.1, 0.15) is 12.8 Å². The summed E-state index contributed by atoms with van der Waals surface area (Å²) < 4.78 is 5.49. The number of hydrogen-bond acceptors (Lipinski definition) is 6. The average Bonchev–Trinajstić information content (AvgIpc) is 3.08. The fourth-order valence-corrected chi connectivity index (χ4v) is 4.43. The molecule has 0 unspecified atom stereocenters. The SMILES string of the molecule is Nc1ncc2[nH]c3ncccc3c2c1N1CCC(N2CCOCC2)CC1. The van der Waals surface area contributed by atoms with Crippen molar-refractivity contribution in [2.75, 3.05) is 50.0 Å². The lowest BCUT2D eigenvalue weighted by Crippen LogP contribution is -2.49. The summed E-state index contributed by atoms with van der Waals surface area (Å²) in [5.41, 5.74) is 9.28. The summed E-state index contributed by atoms with van der Waals surface area (Å²) >= 11 is 0. The maximum absolute atomic E-state index is 6.33. The van der Waals surface area contributed by atoms with E-state index in [2.05, 4.69) is 30.8 Å². The van der Waals surface area contributed by atoms with Crippen molar-refractivity contribution in [1.82, 2.24) is 19.9 Å². The molecule has 3 aromatic heterocycles. The standard InChI is InChI=1S/C19H24N6O/c20-18-17(16-14-2-1-5-21-19(14)23-15(16)12-22-18)25-6-3-13(4-7-25)24-8-10-26-11-9-24/h1-2,5,12-13H,3-4,6-11H2,(H2,20,22)(H,21,23). The van der Waals surface area contributed by atoms with Gasteiger partial charge >= 0.3 is 0 Å². The van der Waals surface area contributed by atoms with Crippen molar-refractivity contribution in [1.29, 1.82) is 0 Å². The first-order chi connectivity index (χ1) is 12.8. The third-order valence-corrected chi connectivity index (χ3v) is 5.75. The van der Waals surface area contributed by atoms with Crippen LogP contribution < -0.4 is 10.6 Å². The number of nitrogens with two attached hydrogens (primary N) is 1. The molecule has 2 aliphatic rings. The van der Waals surface area contributed by atoms with Crippen LogP contribution in [0.25, 0.3) is 21.9 Å². The van der Waals surface area contributed by atoms with Gasteiger partial charge in [-0.2, -0.15) is 0 Å². The van der Waals surface area contributed by atoms with E-state index in [0.717, 1.165) is 79.9 Å². The Labute approximate surface area is 152 Å². The molecule has 26 heavy (non-hydrogen) atoms. The fraction of sp³-hybridized carbons (Fsp3) is 0.474. The van der Waals surface area contributed by atoms with E-state index < -0.39 is 0 Å². The highest BCUT2D eigenvalue weighted by Crippen LogP contribution is 2.37. The molecule has 0 radical (unpaired) electrons. The number of ether oxygens (including phenoxy) is 1. The summed E-state index contributed by atoms with van der Waals surface area (Å²) in [5.74, 6) is 0.604. The third-order valence-electron chi connectivity index (χ3n) is 5.75. The molecule has 0 saturated carbocycles. The van der Waals surface area contributed by atoms with Gasteiger partial charge in [-0.15, -0.1) is 0 Å². The molecule has 2 aliphatic heterocycles. The second kappa shape index (κ2) is 6.41. The van der Waals surface area contributed by atoms with Gasteiger partial charge in [0.2, 0.25) is 0 Å². The average molecular weight is 352 g/mol. The van der Waals surface area contributed by atoms with Crippen LogP contribution in [0.4, 0.5) is 11.5 Å². The molecular formula is C19H24N6O. The Morgan fingerprint density at radius 1 is 1.12 bits per heavy atom. The van der Waals surface area contributed by atoms with Crippen molar-refractivity contribution in [3.8, 4) is 0 Å². The molecule has 0 atom stereocenters. The van der Waals surface area contributed by atoms with Crippen molar-refractivity contribution in [3.63, 3.8) is 0 Å². The largest absolute Gasteiger partial charge is 0.382 e. The number of fused-ring (bicyclic) bond motifs is 3. The highest BCUT2D eigenvalue weighted by molar-refractivity contribution is 6.14. The van der Waals surface area contributed by atoms with Crippen molar-refractivity contribution in [3.05, 3.63) is 24.5 Å². The molecule has 0 aliphatic carbocycles. The first kappa shape index (κ1) is 15.8. The number of aromatic nitrogens is 3. The van der Waals surface area contributed by atoms with Crippen LogP contribution in [0.3, 0.4) is 0 Å². The Bertz CT molecular complexity index is 924. The van der Waals surface area contributed by atoms with Gasteiger partial charge in [0.25, 0.3) is 0 Å². The van der Waals surface area contributed by atoms with E-state index in [1.54, 1.807) is 0 Å². The van der Waals surface area contributed by atoms with Gasteiger partial charge in [0.1, 0.15) is 11.5 Å². The molecule has 0 bridgehead atoms. The van der Waals surface area contributed by atoms with E-state index in [1.807, 2.05) is 18.5 Å². The smallest absolute Gasteiger partial charge is 0.147 e. The van der Waals surface area contributed by atoms with Crippen LogP contribution in [-0.2, 0) is 4.74 Å². The Morgan fingerprint density at radius 3 is 2.73 bits per heavy atom. The number of nitrogens with zero attached hydrogens (tertiary/aromatic N) is 4. The Kier molecular flexibility index (Phi) is 3.90. The zero-order valence-electron chi connectivity index (χ0n) is 14.8. The van der Waals surface area contributed by atoms with Crippen LogP contribution in [0.2, 0.25) is 0 Å². The molecule has 5 rings (SSSR count). The van der Waals surface area contributed by atoms with Gasteiger partial charge in [-0.05, 0) is 25.0 Å². The Balaban J connectivity index is 1.47. The highest BCUT2D eigenvalue weighted by Gasteiger charge is 2.28. The summed E-state index contributed by atoms with van der Waals surface area (Å²) in [6.45, 7) is 5.83. The second-order valence-corrected chi connectivity index (χ2v) is 7.17. The lowest BCUT2D eigenvalue weighted by Gasteiger charge is -2.41. The first-order valence-electron chi connectivity index (χ1n) is 9.39. The minimum atomic E-state index is 0.604. The molecule has 7 heteroatoms. The zero-order valence-corrected chi connectivity index (χ0v) is 14.8. The Morgan fingerprint density at radius 2 is 1.92 bits per heavy atom. The van der Waals surface area contributed by atoms with Crippen LogP contribution in [0.5, 0.6) is 0 Å². The van der Waals surface area contributed by atoms with E-state index in [1.165, 1.54) is 0 Å². The number of rotatable bonds is 2. The van der Waals surface area contributed by atoms with Gasteiger partial charge in [-0.1, -0.05) is 0 Å². The van der Waals surface area contributed by atoms with Gasteiger partial charge in [0, 0.05) is 49.2 Å². The second-order valence-electron chi connectivity index (χ2n) is 7.17. The predicted molar refractivity (Wildman–Crippen MR) is 103 cm³/mol. The summed E-state index contributed by atoms with van der Waals surface area (Å²) in [6, 6.07) is 4.72. The molecular weight excluding hydrogens is 328 g/mol. The molecule has 0 amide bonds. The summed E-state index contributed by atoms with van der Waals surface area (Å²) in [5, 5.41) is 2.26. The number of piperidine rings is 1. The van der Waals surface area contributed by atoms with Crippen molar-refractivity contribution < 1.29 is 4.74 Å². The van der Waals surface area contributed by atoms with E-state index in [-0.39, 0.29) is 0 Å². The van der Waals surface area contributed by atoms with Gasteiger partial charge in [-0.3, -0.25) is 4.90 Å². The molecule has 0 spiro atoms. The lowest BCUT2D eigenvalue weighted by atomic mass is 10.0. The van der Waals surface area contributed by atoms with Gasteiger partial charge < -0.3 is 20.4 Å². The van der Waals surface area contributed by atoms with Crippen molar-refractivity contribution in [2.24, 2.45) is 0 Å². The van der Waals surface area contributed by atoms with Crippen LogP contribution in [-0.4, -0.2) is 65.3 Å². The minimum absolute atomic E-state index is 0.604. The van der Waals surface area contributed by atoms with Crippen LogP contribution in [0.15, 0.2) is 24.5 Å². The zero-order chi connectivity index (χ0) is 17.5. The first-order valence-corrected chi connectivity index (χ1v) is 9.39. The molecule has 7 nitrogen and oxygen atoms in total. The Hall–Kier alpha value is -2.38. The number of aromatic amines is 1. The predicted octanol–water partition coefficient (Wildman–Crippen LogP) is 1.99. The normalized spacial score (nSPS) is 20.2. The van der Waals surface area contributed by atoms with Gasteiger partial charge in [0.05, 0.1) is 30.6 Å². The number of nitrogens with one attached hydrogen (secondary N) is 1. The summed E-state index contributed by atoms with van der Waals surface area (Å²) in [7, 11) is 0. The number of anilines is 2. The topological polar surface area (TPSA) is 83.3 Å². The minimum Gasteiger partial charge on any atom is -0.382 e. The van der Waals surface area contributed by atoms with Crippen molar-refractivity contribution in [2.45, 2.75) is 18.9 Å². The highest BCUT2D eigenvalue weighted by atomic mass is 16.5. The molecule has 0 aromatic carbocycles. The van der Waals surface area contributed by atoms with Crippen LogP contribution in [0, 0.1) is 0 Å². The maximum Gasteiger partial charge on any atom is 0.147 e. The maximum atomic E-state index is 6.33. The molecule has 3 aromatic rings. The van der Waals surface area contributed by atoms with Gasteiger partial charge in [-0.25, -0.2) is 9.97 Å². The number of H-pyrrole nitrogens is 1.